The number of hydrogen-bond acceptors (Lipinski definition) is 5. The number of aromatic nitrogens is 3. The maximum absolute atomic E-state index is 12.9. The van der Waals surface area contributed by atoms with Gasteiger partial charge in [0.15, 0.2) is 5.82 Å². The van der Waals surface area contributed by atoms with Gasteiger partial charge in [0.25, 0.3) is 0 Å². The van der Waals surface area contributed by atoms with Crippen LogP contribution in [0, 0.1) is 5.82 Å². The highest BCUT2D eigenvalue weighted by molar-refractivity contribution is 9.10. The van der Waals surface area contributed by atoms with Gasteiger partial charge in [-0.05, 0) is 35.9 Å². The number of anilines is 3. The van der Waals surface area contributed by atoms with Crippen molar-refractivity contribution in [2.24, 2.45) is 0 Å². The molecule has 0 unspecified atom stereocenters. The van der Waals surface area contributed by atoms with Crippen molar-refractivity contribution in [3.63, 3.8) is 0 Å². The molecule has 0 radical (unpaired) electrons. The first-order chi connectivity index (χ1) is 11.2. The second kappa shape index (κ2) is 7.15. The van der Waals surface area contributed by atoms with E-state index < -0.39 is 0 Å². The zero-order valence-electron chi connectivity index (χ0n) is 12.0. The Morgan fingerprint density at radius 1 is 1.09 bits per heavy atom. The first-order valence-corrected chi connectivity index (χ1v) is 7.69. The fraction of sp³-hybridized carbons (Fsp3) is 0.0625. The van der Waals surface area contributed by atoms with E-state index >= 15 is 0 Å². The first-order valence-electron chi connectivity index (χ1n) is 6.90. The van der Waals surface area contributed by atoms with E-state index in [2.05, 4.69) is 41.7 Å². The van der Waals surface area contributed by atoms with Crippen LogP contribution in [0.15, 0.2) is 59.2 Å². The fourth-order valence-electron chi connectivity index (χ4n) is 1.93. The second-order valence-corrected chi connectivity index (χ2v) is 5.70. The average molecular weight is 374 g/mol. The van der Waals surface area contributed by atoms with Crippen LogP contribution in [-0.2, 0) is 6.54 Å². The van der Waals surface area contributed by atoms with Gasteiger partial charge in [-0.1, -0.05) is 34.1 Å². The maximum atomic E-state index is 12.9. The molecule has 3 aromatic rings. The van der Waals surface area contributed by atoms with E-state index in [-0.39, 0.29) is 5.82 Å². The van der Waals surface area contributed by atoms with Crippen LogP contribution in [-0.4, -0.2) is 15.2 Å². The lowest BCUT2D eigenvalue weighted by atomic mass is 10.2. The largest absolute Gasteiger partial charge is 0.365 e. The quantitative estimate of drug-likeness (QED) is 0.703. The SMILES string of the molecule is Fc1ccc(CNc2cnnc(Nc3cccc(Br)c3)n2)cc1. The molecule has 2 N–H and O–H groups in total. The van der Waals surface area contributed by atoms with Gasteiger partial charge in [0.05, 0.1) is 6.20 Å². The third-order valence-corrected chi connectivity index (χ3v) is 3.52. The molecule has 7 heteroatoms. The molecule has 0 spiro atoms. The molecule has 0 amide bonds. The fourth-order valence-corrected chi connectivity index (χ4v) is 2.33. The number of nitrogens with zero attached hydrogens (tertiary/aromatic N) is 3. The Labute approximate surface area is 141 Å². The Morgan fingerprint density at radius 2 is 1.91 bits per heavy atom. The van der Waals surface area contributed by atoms with Crippen molar-refractivity contribution in [2.75, 3.05) is 10.6 Å². The Kier molecular flexibility index (Phi) is 4.77. The molecule has 116 valence electrons. The van der Waals surface area contributed by atoms with Crippen LogP contribution >= 0.6 is 15.9 Å². The summed E-state index contributed by atoms with van der Waals surface area (Å²) in [6, 6.07) is 14.0. The number of hydrogen-bond donors (Lipinski definition) is 2. The summed E-state index contributed by atoms with van der Waals surface area (Å²) in [5.41, 5.74) is 1.81. The molecule has 1 heterocycles. The maximum Gasteiger partial charge on any atom is 0.249 e. The standard InChI is InChI=1S/C16H13BrFN5/c17-12-2-1-3-14(8-12)21-16-22-15(10-20-23-16)19-9-11-4-6-13(18)7-5-11/h1-8,10H,9H2,(H2,19,21,22,23). The zero-order valence-corrected chi connectivity index (χ0v) is 13.6. The van der Waals surface area contributed by atoms with E-state index in [0.717, 1.165) is 15.7 Å². The lowest BCUT2D eigenvalue weighted by Crippen LogP contribution is -2.05. The molecule has 2 aromatic carbocycles. The van der Waals surface area contributed by atoms with Crippen LogP contribution < -0.4 is 10.6 Å². The smallest absolute Gasteiger partial charge is 0.249 e. The molecule has 0 saturated carbocycles. The second-order valence-electron chi connectivity index (χ2n) is 4.78. The van der Waals surface area contributed by atoms with Gasteiger partial charge in [-0.3, -0.25) is 0 Å². The van der Waals surface area contributed by atoms with Gasteiger partial charge in [-0.15, -0.1) is 5.10 Å². The summed E-state index contributed by atoms with van der Waals surface area (Å²) in [4.78, 5) is 4.35. The molecule has 0 bridgehead atoms. The minimum atomic E-state index is -0.252. The Hall–Kier alpha value is -2.54. The average Bonchev–Trinajstić information content (AvgIpc) is 2.55. The van der Waals surface area contributed by atoms with Gasteiger partial charge in [-0.2, -0.15) is 10.1 Å². The third kappa shape index (κ3) is 4.46. The normalized spacial score (nSPS) is 10.3. The van der Waals surface area contributed by atoms with E-state index in [9.17, 15) is 4.39 Å². The van der Waals surface area contributed by atoms with Crippen LogP contribution in [0.3, 0.4) is 0 Å². The summed E-state index contributed by atoms with van der Waals surface area (Å²) in [5.74, 6) is 0.729. The van der Waals surface area contributed by atoms with Gasteiger partial charge in [-0.25, -0.2) is 4.39 Å². The number of rotatable bonds is 5. The predicted molar refractivity (Wildman–Crippen MR) is 91.0 cm³/mol. The van der Waals surface area contributed by atoms with E-state index in [1.165, 1.54) is 18.3 Å². The van der Waals surface area contributed by atoms with Gasteiger partial charge < -0.3 is 10.6 Å². The zero-order chi connectivity index (χ0) is 16.1. The molecule has 0 aliphatic carbocycles. The molecule has 0 atom stereocenters. The highest BCUT2D eigenvalue weighted by atomic mass is 79.9. The summed E-state index contributed by atoms with van der Waals surface area (Å²) in [5, 5.41) is 14.1. The van der Waals surface area contributed by atoms with Crippen molar-refractivity contribution in [3.05, 3.63) is 70.6 Å². The molecular formula is C16H13BrFN5. The van der Waals surface area contributed by atoms with Crippen molar-refractivity contribution in [3.8, 4) is 0 Å². The van der Waals surface area contributed by atoms with Gasteiger partial charge in [0.2, 0.25) is 5.95 Å². The Morgan fingerprint density at radius 3 is 2.70 bits per heavy atom. The minimum absolute atomic E-state index is 0.252. The molecule has 23 heavy (non-hydrogen) atoms. The summed E-state index contributed by atoms with van der Waals surface area (Å²) in [7, 11) is 0. The molecular weight excluding hydrogens is 361 g/mol. The van der Waals surface area contributed by atoms with E-state index in [4.69, 9.17) is 0 Å². The molecule has 5 nitrogen and oxygen atoms in total. The molecule has 0 aliphatic heterocycles. The van der Waals surface area contributed by atoms with Crippen molar-refractivity contribution in [1.29, 1.82) is 0 Å². The van der Waals surface area contributed by atoms with Crippen molar-refractivity contribution in [2.45, 2.75) is 6.54 Å². The van der Waals surface area contributed by atoms with Gasteiger partial charge in [0.1, 0.15) is 5.82 Å². The molecule has 3 rings (SSSR count). The number of benzene rings is 2. The third-order valence-electron chi connectivity index (χ3n) is 3.03. The van der Waals surface area contributed by atoms with Crippen LogP contribution in [0.1, 0.15) is 5.56 Å². The molecule has 0 fully saturated rings. The minimum Gasteiger partial charge on any atom is -0.365 e. The molecule has 1 aromatic heterocycles. The Balaban J connectivity index is 1.66. The van der Waals surface area contributed by atoms with Crippen LogP contribution in [0.5, 0.6) is 0 Å². The molecule has 0 aliphatic rings. The lowest BCUT2D eigenvalue weighted by Gasteiger charge is -2.08. The van der Waals surface area contributed by atoms with Gasteiger partial charge >= 0.3 is 0 Å². The van der Waals surface area contributed by atoms with Crippen molar-refractivity contribution < 1.29 is 4.39 Å². The van der Waals surface area contributed by atoms with E-state index in [1.807, 2.05) is 24.3 Å². The topological polar surface area (TPSA) is 62.7 Å². The van der Waals surface area contributed by atoms with Gasteiger partial charge in [0, 0.05) is 16.7 Å². The summed E-state index contributed by atoms with van der Waals surface area (Å²) < 4.78 is 13.8. The van der Waals surface area contributed by atoms with Crippen LogP contribution in [0.2, 0.25) is 0 Å². The molecule has 0 saturated heterocycles. The van der Waals surface area contributed by atoms with Crippen molar-refractivity contribution >= 4 is 33.4 Å². The summed E-state index contributed by atoms with van der Waals surface area (Å²) in [6.45, 7) is 0.523. The monoisotopic (exact) mass is 373 g/mol. The number of nitrogens with one attached hydrogen (secondary N) is 2. The van der Waals surface area contributed by atoms with E-state index in [0.29, 0.717) is 18.3 Å². The predicted octanol–water partition coefficient (Wildman–Crippen LogP) is 4.13. The number of halogens is 2. The first kappa shape index (κ1) is 15.4. The lowest BCUT2D eigenvalue weighted by molar-refractivity contribution is 0.627. The summed E-state index contributed by atoms with van der Waals surface area (Å²) in [6.07, 6.45) is 1.54. The van der Waals surface area contributed by atoms with Crippen LogP contribution in [0.4, 0.5) is 21.8 Å². The Bertz CT molecular complexity index is 794. The van der Waals surface area contributed by atoms with Crippen molar-refractivity contribution in [1.82, 2.24) is 15.2 Å². The van der Waals surface area contributed by atoms with Crippen LogP contribution in [0.25, 0.3) is 0 Å². The highest BCUT2D eigenvalue weighted by Gasteiger charge is 2.02. The summed E-state index contributed by atoms with van der Waals surface area (Å²) >= 11 is 3.41. The van der Waals surface area contributed by atoms with E-state index in [1.54, 1.807) is 12.1 Å². The highest BCUT2D eigenvalue weighted by Crippen LogP contribution is 2.18.